The molecule has 0 nitrogen and oxygen atoms in total. The van der Waals surface area contributed by atoms with E-state index < -0.39 is 0 Å². The third kappa shape index (κ3) is 9.16. The zero-order valence-corrected chi connectivity index (χ0v) is 26.1. The molecule has 1 aliphatic rings. The summed E-state index contributed by atoms with van der Waals surface area (Å²) in [7, 11) is 0. The Morgan fingerprint density at radius 1 is 0.472 bits per heavy atom. The summed E-state index contributed by atoms with van der Waals surface area (Å²) >= 11 is 7.53. The Kier molecular flexibility index (Phi) is 13.9. The standard InChI is InChI=1S/C34H48Br2/c1-3-5-7-9-11-13-15-17-19-27(20-18-16-14-12-10-8-6-4-2)34-32-25-28(35)21-23-30(32)31-24-22-29(36)26-33(31)34/h21-26H,3-20H2,1-2H3. The first-order chi connectivity index (χ1) is 17.7. The molecule has 0 unspecified atom stereocenters. The zero-order chi connectivity index (χ0) is 25.6. The lowest BCUT2D eigenvalue weighted by atomic mass is 9.90. The summed E-state index contributed by atoms with van der Waals surface area (Å²) in [6.45, 7) is 4.61. The van der Waals surface area contributed by atoms with E-state index in [2.05, 4.69) is 82.1 Å². The highest BCUT2D eigenvalue weighted by atomic mass is 79.9. The molecule has 36 heavy (non-hydrogen) atoms. The van der Waals surface area contributed by atoms with Crippen LogP contribution >= 0.6 is 31.9 Å². The van der Waals surface area contributed by atoms with E-state index in [1.165, 1.54) is 152 Å². The highest BCUT2D eigenvalue weighted by Gasteiger charge is 2.26. The van der Waals surface area contributed by atoms with Crippen molar-refractivity contribution < 1.29 is 0 Å². The molecule has 0 fully saturated rings. The molecule has 2 heteroatoms. The van der Waals surface area contributed by atoms with E-state index in [4.69, 9.17) is 0 Å². The van der Waals surface area contributed by atoms with Gasteiger partial charge in [0.1, 0.15) is 0 Å². The van der Waals surface area contributed by atoms with Crippen LogP contribution in [0.1, 0.15) is 141 Å². The number of benzene rings is 2. The maximum absolute atomic E-state index is 3.77. The van der Waals surface area contributed by atoms with Gasteiger partial charge in [-0.25, -0.2) is 0 Å². The Hall–Kier alpha value is -0.860. The van der Waals surface area contributed by atoms with Crippen molar-refractivity contribution in [3.8, 4) is 11.1 Å². The third-order valence-electron chi connectivity index (χ3n) is 7.81. The van der Waals surface area contributed by atoms with Gasteiger partial charge in [0.2, 0.25) is 0 Å². The number of fused-ring (bicyclic) bond motifs is 3. The van der Waals surface area contributed by atoms with Crippen LogP contribution < -0.4 is 0 Å². The Morgan fingerprint density at radius 3 is 1.22 bits per heavy atom. The number of unbranched alkanes of at least 4 members (excludes halogenated alkanes) is 14. The van der Waals surface area contributed by atoms with Crippen molar-refractivity contribution in [3.05, 3.63) is 62.0 Å². The minimum atomic E-state index is 1.18. The van der Waals surface area contributed by atoms with Crippen molar-refractivity contribution in [2.24, 2.45) is 0 Å². The van der Waals surface area contributed by atoms with Crippen molar-refractivity contribution in [1.82, 2.24) is 0 Å². The minimum absolute atomic E-state index is 1.18. The van der Waals surface area contributed by atoms with Gasteiger partial charge in [0.15, 0.2) is 0 Å². The maximum atomic E-state index is 3.77. The minimum Gasteiger partial charge on any atom is -0.0654 e. The van der Waals surface area contributed by atoms with Gasteiger partial charge in [0.05, 0.1) is 0 Å². The molecule has 0 saturated carbocycles. The molecule has 3 rings (SSSR count). The van der Waals surface area contributed by atoms with Gasteiger partial charge in [0.25, 0.3) is 0 Å². The van der Waals surface area contributed by atoms with Crippen LogP contribution in [0.4, 0.5) is 0 Å². The lowest BCUT2D eigenvalue weighted by Gasteiger charge is -2.15. The van der Waals surface area contributed by atoms with Gasteiger partial charge in [-0.15, -0.1) is 0 Å². The molecule has 198 valence electrons. The number of allylic oxidation sites excluding steroid dienone is 1. The second-order valence-corrected chi connectivity index (χ2v) is 12.6. The van der Waals surface area contributed by atoms with Crippen molar-refractivity contribution in [2.75, 3.05) is 0 Å². The molecule has 0 N–H and O–H groups in total. The van der Waals surface area contributed by atoms with E-state index in [0.29, 0.717) is 0 Å². The summed E-state index contributed by atoms with van der Waals surface area (Å²) in [6, 6.07) is 13.7. The highest BCUT2D eigenvalue weighted by molar-refractivity contribution is 9.10. The Balaban J connectivity index is 1.71. The summed E-state index contributed by atoms with van der Waals surface area (Å²) < 4.78 is 2.37. The average Bonchev–Trinajstić information content (AvgIpc) is 3.18. The zero-order valence-electron chi connectivity index (χ0n) is 22.9. The molecule has 2 aromatic carbocycles. The Morgan fingerprint density at radius 2 is 0.833 bits per heavy atom. The molecule has 0 aliphatic heterocycles. The summed E-state index contributed by atoms with van der Waals surface area (Å²) in [5, 5.41) is 0. The summed E-state index contributed by atoms with van der Waals surface area (Å²) in [4.78, 5) is 0. The maximum Gasteiger partial charge on any atom is 0.0181 e. The van der Waals surface area contributed by atoms with Gasteiger partial charge >= 0.3 is 0 Å². The smallest absolute Gasteiger partial charge is 0.0181 e. The molecule has 0 spiro atoms. The van der Waals surface area contributed by atoms with E-state index in [1.54, 1.807) is 5.57 Å². The summed E-state index contributed by atoms with van der Waals surface area (Å²) in [5.41, 5.74) is 8.91. The molecule has 0 amide bonds. The van der Waals surface area contributed by atoms with Crippen molar-refractivity contribution in [3.63, 3.8) is 0 Å². The monoisotopic (exact) mass is 614 g/mol. The van der Waals surface area contributed by atoms with Crippen LogP contribution in [-0.4, -0.2) is 0 Å². The van der Waals surface area contributed by atoms with Crippen LogP contribution in [0.2, 0.25) is 0 Å². The normalized spacial score (nSPS) is 12.2. The van der Waals surface area contributed by atoms with Gasteiger partial charge in [-0.1, -0.05) is 153 Å². The first kappa shape index (κ1) is 29.7. The predicted octanol–water partition coefficient (Wildman–Crippen LogP) is 13.1. The van der Waals surface area contributed by atoms with Crippen LogP contribution in [0, 0.1) is 0 Å². The van der Waals surface area contributed by atoms with E-state index >= 15 is 0 Å². The summed E-state index contributed by atoms with van der Waals surface area (Å²) in [6.07, 6.45) is 24.7. The topological polar surface area (TPSA) is 0 Å². The van der Waals surface area contributed by atoms with E-state index in [9.17, 15) is 0 Å². The van der Waals surface area contributed by atoms with Crippen LogP contribution in [0.5, 0.6) is 0 Å². The number of hydrogen-bond donors (Lipinski definition) is 0. The van der Waals surface area contributed by atoms with Crippen molar-refractivity contribution in [2.45, 2.75) is 129 Å². The van der Waals surface area contributed by atoms with Gasteiger partial charge in [-0.05, 0) is 77.8 Å². The number of halogens is 2. The fourth-order valence-electron chi connectivity index (χ4n) is 5.76. The first-order valence-electron chi connectivity index (χ1n) is 15.0. The molecule has 0 radical (unpaired) electrons. The SMILES string of the molecule is CCCCCCCCCCC(CCCCCCCCCC)=C1c2cc(Br)ccc2-c2ccc(Br)cc21. The highest BCUT2D eigenvalue weighted by Crippen LogP contribution is 2.48. The predicted molar refractivity (Wildman–Crippen MR) is 168 cm³/mol. The molecule has 2 aromatic rings. The second-order valence-electron chi connectivity index (χ2n) is 10.8. The molecular weight excluding hydrogens is 568 g/mol. The molecule has 0 bridgehead atoms. The average molecular weight is 617 g/mol. The van der Waals surface area contributed by atoms with Gasteiger partial charge in [0, 0.05) is 8.95 Å². The number of hydrogen-bond acceptors (Lipinski definition) is 0. The van der Waals surface area contributed by atoms with Crippen LogP contribution in [0.15, 0.2) is 50.9 Å². The van der Waals surface area contributed by atoms with Crippen molar-refractivity contribution >= 4 is 37.4 Å². The quantitative estimate of drug-likeness (QED) is 0.125. The van der Waals surface area contributed by atoms with Gasteiger partial charge in [-0.2, -0.15) is 0 Å². The van der Waals surface area contributed by atoms with Crippen LogP contribution in [0.25, 0.3) is 16.7 Å². The molecule has 0 aromatic heterocycles. The Bertz CT molecular complexity index is 880. The Labute approximate surface area is 239 Å². The molecule has 0 atom stereocenters. The summed E-state index contributed by atoms with van der Waals surface area (Å²) in [5.74, 6) is 0. The van der Waals surface area contributed by atoms with Gasteiger partial charge in [-0.3, -0.25) is 0 Å². The van der Waals surface area contributed by atoms with Crippen LogP contribution in [0.3, 0.4) is 0 Å². The molecular formula is C34H48Br2. The largest absolute Gasteiger partial charge is 0.0654 e. The van der Waals surface area contributed by atoms with E-state index in [1.807, 2.05) is 0 Å². The lowest BCUT2D eigenvalue weighted by molar-refractivity contribution is 0.561. The van der Waals surface area contributed by atoms with Crippen LogP contribution in [-0.2, 0) is 0 Å². The molecule has 0 saturated heterocycles. The van der Waals surface area contributed by atoms with Gasteiger partial charge < -0.3 is 0 Å². The van der Waals surface area contributed by atoms with E-state index in [-0.39, 0.29) is 0 Å². The fraction of sp³-hybridized carbons (Fsp3) is 0.588. The third-order valence-corrected chi connectivity index (χ3v) is 8.80. The van der Waals surface area contributed by atoms with E-state index in [0.717, 1.165) is 0 Å². The number of rotatable bonds is 18. The van der Waals surface area contributed by atoms with Crippen molar-refractivity contribution in [1.29, 1.82) is 0 Å². The second kappa shape index (κ2) is 16.9. The molecule has 1 aliphatic carbocycles. The molecule has 0 heterocycles. The first-order valence-corrected chi connectivity index (χ1v) is 16.6. The lowest BCUT2D eigenvalue weighted by Crippen LogP contribution is -1.95. The fourth-order valence-corrected chi connectivity index (χ4v) is 6.48.